The van der Waals surface area contributed by atoms with Gasteiger partial charge in [0.25, 0.3) is 6.33 Å². The van der Waals surface area contributed by atoms with Crippen molar-refractivity contribution >= 4 is 32.8 Å². The molecule has 8 aromatic carbocycles. The Hall–Kier alpha value is -8.02. The summed E-state index contributed by atoms with van der Waals surface area (Å²) in [6.45, 7) is 30.5. The lowest BCUT2D eigenvalue weighted by atomic mass is 9.62. The van der Waals surface area contributed by atoms with Gasteiger partial charge in [-0.25, -0.2) is 4.98 Å². The van der Waals surface area contributed by atoms with Crippen molar-refractivity contribution in [1.29, 1.82) is 0 Å². The van der Waals surface area contributed by atoms with Gasteiger partial charge in [-0.3, -0.25) is 13.7 Å². The van der Waals surface area contributed by atoms with Crippen LogP contribution in [0, 0.1) is 6.33 Å². The minimum atomic E-state index is -0.0720. The lowest BCUT2D eigenvalue weighted by molar-refractivity contribution is -0.570. The normalized spacial score (nSPS) is 14.7. The number of nitrogens with zero attached hydrogens (tertiary/aromatic N) is 4. The molecular weight excluding hydrogens is 961 g/mol. The van der Waals surface area contributed by atoms with E-state index in [9.17, 15) is 0 Å². The van der Waals surface area contributed by atoms with Crippen molar-refractivity contribution in [3.63, 3.8) is 0 Å². The summed E-state index contributed by atoms with van der Waals surface area (Å²) < 4.78 is 13.9. The molecule has 4 heterocycles. The van der Waals surface area contributed by atoms with Gasteiger partial charge in [0.1, 0.15) is 17.3 Å². The Bertz CT molecular complexity index is 4260. The first-order valence-electron chi connectivity index (χ1n) is 28.4. The first-order chi connectivity index (χ1) is 37.5. The van der Waals surface area contributed by atoms with Crippen molar-refractivity contribution in [2.45, 2.75) is 130 Å². The van der Waals surface area contributed by atoms with E-state index < -0.39 is 0 Å². The number of para-hydroxylation sites is 3. The number of pyridine rings is 1. The molecule has 0 amide bonds. The zero-order valence-electron chi connectivity index (χ0n) is 48.4. The zero-order chi connectivity index (χ0) is 55.1. The van der Waals surface area contributed by atoms with Crippen LogP contribution < -0.4 is 9.30 Å². The SMILES string of the molecule is CC(C)(C)c1cc(-c2cccc3c2-[n+]2[c-]n(-c4cccc(Oc5ccc6c7ccccc7n(-c7cc(C(C)(C)C)ccn7)c6c5)c4)c4cccc(c42)-c2ccccc2-c2cc4c(cc2-3)C(C)(C)CCC4(C)C)cc(C(C)(C)C)c1. The third-order valence-electron chi connectivity index (χ3n) is 17.5. The molecule has 1 aliphatic heterocycles. The molecule has 0 unspecified atom stereocenters. The van der Waals surface area contributed by atoms with Crippen molar-refractivity contribution in [2.24, 2.45) is 0 Å². The van der Waals surface area contributed by atoms with E-state index in [1.54, 1.807) is 0 Å². The number of aromatic nitrogens is 4. The summed E-state index contributed by atoms with van der Waals surface area (Å²) in [6, 6.07) is 63.2. The molecule has 0 atom stereocenters. The number of fused-ring (bicyclic) bond motifs is 11. The molecule has 5 heteroatoms. The van der Waals surface area contributed by atoms with Crippen LogP contribution in [0.3, 0.4) is 0 Å². The molecule has 11 aromatic rings. The molecule has 0 saturated carbocycles. The van der Waals surface area contributed by atoms with Gasteiger partial charge in [-0.05, 0) is 167 Å². The maximum atomic E-state index is 6.96. The second-order valence-electron chi connectivity index (χ2n) is 27.0. The molecule has 0 radical (unpaired) electrons. The average Bonchev–Trinajstić information content (AvgIpc) is 4.20. The van der Waals surface area contributed by atoms with Gasteiger partial charge in [0.2, 0.25) is 0 Å². The first-order valence-corrected chi connectivity index (χ1v) is 28.4. The van der Waals surface area contributed by atoms with Crippen molar-refractivity contribution in [3.8, 4) is 73.2 Å². The second-order valence-corrected chi connectivity index (χ2v) is 27.0. The molecular formula is C74H72N4O. The molecule has 79 heavy (non-hydrogen) atoms. The highest BCUT2D eigenvalue weighted by Gasteiger charge is 2.39. The molecule has 2 aliphatic rings. The number of imidazole rings is 1. The van der Waals surface area contributed by atoms with Gasteiger partial charge in [-0.1, -0.05) is 199 Å². The predicted molar refractivity (Wildman–Crippen MR) is 329 cm³/mol. The highest BCUT2D eigenvalue weighted by molar-refractivity contribution is 6.09. The summed E-state index contributed by atoms with van der Waals surface area (Å²) in [4.78, 5) is 4.94. The lowest BCUT2D eigenvalue weighted by Crippen LogP contribution is -2.34. The lowest BCUT2D eigenvalue weighted by Gasteiger charge is -2.42. The molecule has 13 rings (SSSR count). The Morgan fingerprint density at radius 1 is 0.468 bits per heavy atom. The van der Waals surface area contributed by atoms with Crippen LogP contribution in [0.2, 0.25) is 0 Å². The Kier molecular flexibility index (Phi) is 11.3. The van der Waals surface area contributed by atoms with Gasteiger partial charge >= 0.3 is 0 Å². The third-order valence-corrected chi connectivity index (χ3v) is 17.5. The number of benzene rings is 8. The monoisotopic (exact) mass is 1030 g/mol. The Balaban J connectivity index is 1.04. The zero-order valence-corrected chi connectivity index (χ0v) is 48.4. The predicted octanol–water partition coefficient (Wildman–Crippen LogP) is 19.2. The van der Waals surface area contributed by atoms with Gasteiger partial charge in [-0.15, -0.1) is 0 Å². The smallest absolute Gasteiger partial charge is 0.269 e. The van der Waals surface area contributed by atoms with E-state index in [1.807, 2.05) is 6.20 Å². The third kappa shape index (κ3) is 8.42. The molecule has 0 spiro atoms. The van der Waals surface area contributed by atoms with Crippen LogP contribution in [0.1, 0.15) is 131 Å². The van der Waals surface area contributed by atoms with Crippen LogP contribution in [-0.2, 0) is 27.1 Å². The highest BCUT2D eigenvalue weighted by atomic mass is 16.5. The molecule has 0 bridgehead atoms. The standard InChI is InChI=1S/C74H72N4O/c1-70(2,3)47-33-36-75-67(40-47)78-64-29-17-16-25-56(64)57-32-31-52(42-66(57)78)79-51-22-18-21-50(41-51)76-45-77-68-53(46-37-48(71(4,5)6)39-49(38-46)72(7,8)9)26-19-27-59(68)61-44-63-62(73(10,11)34-35-74(63,12)13)43-60(61)55-24-15-14-23-54(55)58-28-20-30-65(76)69(58)77/h14-33,36-44H,34-35H2,1-13H3. The topological polar surface area (TPSA) is 35.9 Å². The molecule has 0 saturated heterocycles. The summed E-state index contributed by atoms with van der Waals surface area (Å²) in [7, 11) is 0. The van der Waals surface area contributed by atoms with E-state index in [0.29, 0.717) is 0 Å². The van der Waals surface area contributed by atoms with Crippen LogP contribution in [-0.4, -0.2) is 14.1 Å². The van der Waals surface area contributed by atoms with E-state index in [1.165, 1.54) is 72.1 Å². The summed E-state index contributed by atoms with van der Waals surface area (Å²) in [5.41, 5.74) is 22.7. The van der Waals surface area contributed by atoms with Crippen LogP contribution in [0.15, 0.2) is 176 Å². The number of rotatable bonds is 5. The van der Waals surface area contributed by atoms with Crippen molar-refractivity contribution in [3.05, 3.63) is 210 Å². The minimum absolute atomic E-state index is 0.00357. The Morgan fingerprint density at radius 3 is 1.72 bits per heavy atom. The molecule has 5 nitrogen and oxygen atoms in total. The van der Waals surface area contributed by atoms with E-state index in [0.717, 1.165) is 74.5 Å². The summed E-state index contributed by atoms with van der Waals surface area (Å²) in [5.74, 6) is 2.37. The summed E-state index contributed by atoms with van der Waals surface area (Å²) >= 11 is 0. The quantitative estimate of drug-likeness (QED) is 0.127. The fourth-order valence-corrected chi connectivity index (χ4v) is 12.7. The van der Waals surface area contributed by atoms with E-state index >= 15 is 0 Å². The largest absolute Gasteiger partial charge is 0.458 e. The summed E-state index contributed by atoms with van der Waals surface area (Å²) in [5, 5.41) is 2.33. The molecule has 0 N–H and O–H groups in total. The molecule has 3 aromatic heterocycles. The number of hydrogen-bond acceptors (Lipinski definition) is 2. The number of ether oxygens (including phenoxy) is 1. The van der Waals surface area contributed by atoms with Gasteiger partial charge in [0, 0.05) is 23.0 Å². The van der Waals surface area contributed by atoms with Crippen molar-refractivity contribution in [2.75, 3.05) is 0 Å². The van der Waals surface area contributed by atoms with Crippen molar-refractivity contribution in [1.82, 2.24) is 14.1 Å². The maximum absolute atomic E-state index is 6.96. The fourth-order valence-electron chi connectivity index (χ4n) is 12.7. The Labute approximate surface area is 467 Å². The van der Waals surface area contributed by atoms with E-state index in [2.05, 4.69) is 280 Å². The summed E-state index contributed by atoms with van der Waals surface area (Å²) in [6.07, 6.45) is 8.30. The average molecular weight is 1030 g/mol. The van der Waals surface area contributed by atoms with Crippen LogP contribution in [0.5, 0.6) is 11.5 Å². The van der Waals surface area contributed by atoms with Crippen LogP contribution in [0.4, 0.5) is 0 Å². The minimum Gasteiger partial charge on any atom is -0.458 e. The van der Waals surface area contributed by atoms with Crippen LogP contribution >= 0.6 is 0 Å². The first kappa shape index (κ1) is 50.5. The van der Waals surface area contributed by atoms with E-state index in [4.69, 9.17) is 9.72 Å². The number of hydrogen-bond donors (Lipinski definition) is 0. The highest BCUT2D eigenvalue weighted by Crippen LogP contribution is 2.53. The van der Waals surface area contributed by atoms with Crippen molar-refractivity contribution < 1.29 is 9.30 Å². The Morgan fingerprint density at radius 2 is 1.03 bits per heavy atom. The van der Waals surface area contributed by atoms with E-state index in [-0.39, 0.29) is 27.1 Å². The second kappa shape index (κ2) is 17.7. The van der Waals surface area contributed by atoms with Gasteiger partial charge in [-0.2, -0.15) is 0 Å². The maximum Gasteiger partial charge on any atom is 0.269 e. The molecule has 0 fully saturated rings. The molecule has 394 valence electrons. The van der Waals surface area contributed by atoms with Gasteiger partial charge in [0.05, 0.1) is 33.4 Å². The van der Waals surface area contributed by atoms with Gasteiger partial charge in [0.15, 0.2) is 0 Å². The van der Waals surface area contributed by atoms with Gasteiger partial charge < -0.3 is 4.74 Å². The molecule has 1 aliphatic carbocycles. The fraction of sp³-hybridized carbons (Fsp3) is 0.270. The van der Waals surface area contributed by atoms with Crippen LogP contribution in [0.25, 0.3) is 94.5 Å².